The maximum atomic E-state index is 14.2. The molecule has 12 heteroatoms. The highest BCUT2D eigenvalue weighted by Crippen LogP contribution is 2.62. The molecular weight excluding hydrogens is 617 g/mol. The van der Waals surface area contributed by atoms with E-state index in [9.17, 15) is 18.6 Å². The Morgan fingerprint density at radius 3 is 1.56 bits per heavy atom. The van der Waals surface area contributed by atoms with Crippen LogP contribution in [0.4, 0.5) is 4.39 Å². The summed E-state index contributed by atoms with van der Waals surface area (Å²) in [5, 5.41) is 10.1. The molecule has 0 amide bonds. The monoisotopic (exact) mass is 646 g/mol. The van der Waals surface area contributed by atoms with Crippen LogP contribution in [0.5, 0.6) is 0 Å². The van der Waals surface area contributed by atoms with Crippen molar-refractivity contribution in [1.29, 1.82) is 0 Å². The first kappa shape index (κ1) is 31.6. The minimum atomic E-state index is -3.74. The predicted molar refractivity (Wildman–Crippen MR) is 139 cm³/mol. The van der Waals surface area contributed by atoms with Crippen LogP contribution < -0.4 is 0 Å². The van der Waals surface area contributed by atoms with Gasteiger partial charge in [0, 0.05) is 8.95 Å². The molecule has 192 valence electrons. The summed E-state index contributed by atoms with van der Waals surface area (Å²) >= 11 is 6.53. The molecule has 0 radical (unpaired) electrons. The van der Waals surface area contributed by atoms with Crippen molar-refractivity contribution in [3.8, 4) is 0 Å². The summed E-state index contributed by atoms with van der Waals surface area (Å²) in [6.07, 6.45) is 0. The van der Waals surface area contributed by atoms with Crippen LogP contribution in [0, 0.1) is 0 Å². The molecule has 1 N–H and O–H groups in total. The SMILES string of the molecule is CCOP(=O)(OCC)C(F)c1cccc(Br)c1.CCOP(=O)(OCC)C(O)c1cccc(Br)c1. The fraction of sp³-hybridized carbons (Fsp3) is 0.455. The van der Waals surface area contributed by atoms with E-state index in [1.165, 1.54) is 0 Å². The van der Waals surface area contributed by atoms with Gasteiger partial charge >= 0.3 is 15.2 Å². The molecule has 2 rings (SSSR count). The summed E-state index contributed by atoms with van der Waals surface area (Å²) in [6, 6.07) is 13.5. The molecule has 2 atom stereocenters. The first-order valence-corrected chi connectivity index (χ1v) is 15.5. The van der Waals surface area contributed by atoms with Crippen LogP contribution in [-0.4, -0.2) is 31.5 Å². The second kappa shape index (κ2) is 15.6. The lowest BCUT2D eigenvalue weighted by Crippen LogP contribution is -2.06. The third kappa shape index (κ3) is 9.57. The van der Waals surface area contributed by atoms with E-state index >= 15 is 0 Å². The Hall–Kier alpha value is -0.410. The topological polar surface area (TPSA) is 91.3 Å². The number of benzene rings is 2. The second-order valence-electron chi connectivity index (χ2n) is 6.57. The molecule has 0 saturated carbocycles. The Labute approximate surface area is 217 Å². The molecular formula is C22H31Br2FO7P2. The molecule has 2 unspecified atom stereocenters. The van der Waals surface area contributed by atoms with Crippen LogP contribution in [0.3, 0.4) is 0 Å². The van der Waals surface area contributed by atoms with Gasteiger partial charge in [0.2, 0.25) is 5.91 Å². The first-order valence-electron chi connectivity index (χ1n) is 10.7. The molecule has 0 spiro atoms. The maximum Gasteiger partial charge on any atom is 0.369 e. The zero-order valence-corrected chi connectivity index (χ0v) is 24.5. The molecule has 0 aliphatic carbocycles. The van der Waals surface area contributed by atoms with Gasteiger partial charge in [-0.15, -0.1) is 0 Å². The fourth-order valence-corrected chi connectivity index (χ4v) is 6.77. The summed E-state index contributed by atoms with van der Waals surface area (Å²) in [5.74, 6) is -3.03. The number of aliphatic hydroxyl groups excluding tert-OH is 1. The lowest BCUT2D eigenvalue weighted by atomic mass is 10.2. The van der Waals surface area contributed by atoms with Gasteiger partial charge in [0.05, 0.1) is 26.4 Å². The largest absolute Gasteiger partial charge is 0.376 e. The van der Waals surface area contributed by atoms with Gasteiger partial charge < -0.3 is 23.2 Å². The number of halogens is 3. The van der Waals surface area contributed by atoms with Crippen LogP contribution in [0.25, 0.3) is 0 Å². The van der Waals surface area contributed by atoms with Crippen LogP contribution in [-0.2, 0) is 27.2 Å². The van der Waals surface area contributed by atoms with E-state index in [0.717, 1.165) is 8.95 Å². The van der Waals surface area contributed by atoms with Crippen molar-refractivity contribution in [1.82, 2.24) is 0 Å². The summed E-state index contributed by atoms with van der Waals surface area (Å²) in [7, 11) is -7.26. The average Bonchev–Trinajstić information content (AvgIpc) is 2.79. The molecule has 7 nitrogen and oxygen atoms in total. The molecule has 0 aliphatic heterocycles. The first-order chi connectivity index (χ1) is 16.1. The van der Waals surface area contributed by atoms with Crippen molar-refractivity contribution in [2.24, 2.45) is 0 Å². The summed E-state index contributed by atoms with van der Waals surface area (Å²) in [6.45, 7) is 7.46. The van der Waals surface area contributed by atoms with E-state index in [1.54, 1.807) is 70.2 Å². The third-order valence-electron chi connectivity index (χ3n) is 4.08. The zero-order valence-electron chi connectivity index (χ0n) is 19.5. The van der Waals surface area contributed by atoms with E-state index in [0.29, 0.717) is 5.56 Å². The molecule has 2 aromatic carbocycles. The second-order valence-corrected chi connectivity index (χ2v) is 12.5. The Kier molecular flexibility index (Phi) is 14.6. The molecule has 0 heterocycles. The third-order valence-corrected chi connectivity index (χ3v) is 9.29. The van der Waals surface area contributed by atoms with Gasteiger partial charge in [-0.2, -0.15) is 0 Å². The number of alkyl halides is 1. The highest BCUT2D eigenvalue weighted by atomic mass is 79.9. The van der Waals surface area contributed by atoms with Crippen LogP contribution >= 0.6 is 47.1 Å². The molecule has 0 saturated heterocycles. The number of aliphatic hydroxyl groups is 1. The van der Waals surface area contributed by atoms with Crippen LogP contribution in [0.2, 0.25) is 0 Å². The van der Waals surface area contributed by atoms with E-state index < -0.39 is 26.9 Å². The predicted octanol–water partition coefficient (Wildman–Crippen LogP) is 8.39. The lowest BCUT2D eigenvalue weighted by molar-refractivity contribution is 0.150. The molecule has 0 aliphatic rings. The molecule has 2 aromatic rings. The van der Waals surface area contributed by atoms with Crippen molar-refractivity contribution in [2.75, 3.05) is 26.4 Å². The Balaban J connectivity index is 0.000000340. The highest BCUT2D eigenvalue weighted by molar-refractivity contribution is 9.10. The number of hydrogen-bond acceptors (Lipinski definition) is 7. The summed E-state index contributed by atoms with van der Waals surface area (Å²) < 4.78 is 60.4. The Bertz CT molecular complexity index is 882. The van der Waals surface area contributed by atoms with Crippen molar-refractivity contribution in [3.05, 3.63) is 68.6 Å². The van der Waals surface area contributed by atoms with Crippen molar-refractivity contribution in [3.63, 3.8) is 0 Å². The molecule has 0 fully saturated rings. The van der Waals surface area contributed by atoms with Crippen molar-refractivity contribution >= 4 is 47.1 Å². The summed E-state index contributed by atoms with van der Waals surface area (Å²) in [4.78, 5) is 0. The van der Waals surface area contributed by atoms with Gasteiger partial charge in [0.1, 0.15) is 0 Å². The van der Waals surface area contributed by atoms with Crippen molar-refractivity contribution in [2.45, 2.75) is 39.5 Å². The lowest BCUT2D eigenvalue weighted by Gasteiger charge is -2.22. The smallest absolute Gasteiger partial charge is 0.369 e. The van der Waals surface area contributed by atoms with E-state index in [4.69, 9.17) is 18.1 Å². The van der Waals surface area contributed by atoms with Gasteiger partial charge in [0.15, 0.2) is 5.85 Å². The van der Waals surface area contributed by atoms with Crippen LogP contribution in [0.1, 0.15) is 50.6 Å². The molecule has 0 aromatic heterocycles. The van der Waals surface area contributed by atoms with E-state index in [2.05, 4.69) is 31.9 Å². The minimum absolute atomic E-state index is 0.145. The molecule has 0 bridgehead atoms. The number of hydrogen-bond donors (Lipinski definition) is 1. The van der Waals surface area contributed by atoms with Crippen LogP contribution in [0.15, 0.2) is 57.5 Å². The van der Waals surface area contributed by atoms with Gasteiger partial charge in [-0.3, -0.25) is 9.13 Å². The minimum Gasteiger partial charge on any atom is -0.376 e. The van der Waals surface area contributed by atoms with Gasteiger partial charge in [0.25, 0.3) is 0 Å². The maximum absolute atomic E-state index is 14.2. The summed E-state index contributed by atoms with van der Waals surface area (Å²) in [5.41, 5.74) is 0.786. The van der Waals surface area contributed by atoms with E-state index in [1.807, 2.05) is 6.07 Å². The van der Waals surface area contributed by atoms with Gasteiger partial charge in [-0.05, 0) is 63.1 Å². The number of rotatable bonds is 12. The average molecular weight is 648 g/mol. The van der Waals surface area contributed by atoms with Crippen molar-refractivity contribution < 1.29 is 36.7 Å². The Morgan fingerprint density at radius 1 is 0.765 bits per heavy atom. The quantitative estimate of drug-likeness (QED) is 0.231. The van der Waals surface area contributed by atoms with Gasteiger partial charge in [-0.1, -0.05) is 56.1 Å². The normalized spacial score (nSPS) is 13.6. The van der Waals surface area contributed by atoms with E-state index in [-0.39, 0.29) is 32.0 Å². The fourth-order valence-electron chi connectivity index (χ4n) is 2.75. The Morgan fingerprint density at radius 2 is 1.15 bits per heavy atom. The molecule has 34 heavy (non-hydrogen) atoms. The standard InChI is InChI=1S/C11H15BrFO3P.C11H16BrO4P/c2*1-3-15-17(14,16-4-2)11(13)9-6-5-7-10(12)8-9/h5-8,11H,3-4H2,1-2H3;5-8,11,13H,3-4H2,1-2H3. The van der Waals surface area contributed by atoms with Gasteiger partial charge in [-0.25, -0.2) is 4.39 Å². The highest BCUT2D eigenvalue weighted by Gasteiger charge is 2.37. The zero-order chi connectivity index (χ0) is 25.8.